The highest BCUT2D eigenvalue weighted by atomic mass is 79.9. The Balaban J connectivity index is 2.39. The van der Waals surface area contributed by atoms with Crippen molar-refractivity contribution in [1.82, 2.24) is 4.98 Å². The number of hydrogen-bond acceptors (Lipinski definition) is 6. The van der Waals surface area contributed by atoms with Gasteiger partial charge in [-0.2, -0.15) is 0 Å². The quantitative estimate of drug-likeness (QED) is 0.452. The Hall–Kier alpha value is -1.80. The zero-order valence-corrected chi connectivity index (χ0v) is 13.7. The summed E-state index contributed by atoms with van der Waals surface area (Å²) in [5.74, 6) is -0.309. The maximum Gasteiger partial charge on any atom is 0.312 e. The number of ketones is 1. The molecule has 0 N–H and O–H groups in total. The fourth-order valence-electron chi connectivity index (χ4n) is 1.74. The predicted molar refractivity (Wildman–Crippen MR) is 82.0 cm³/mol. The minimum absolute atomic E-state index is 0.0123. The molecule has 6 nitrogen and oxygen atoms in total. The van der Waals surface area contributed by atoms with Gasteiger partial charge in [-0.15, -0.1) is 11.3 Å². The van der Waals surface area contributed by atoms with E-state index >= 15 is 0 Å². The van der Waals surface area contributed by atoms with Crippen LogP contribution >= 0.6 is 27.3 Å². The molecule has 1 aromatic carbocycles. The Morgan fingerprint density at radius 1 is 1.52 bits per heavy atom. The van der Waals surface area contributed by atoms with Crippen molar-refractivity contribution in [3.63, 3.8) is 0 Å². The lowest BCUT2D eigenvalue weighted by atomic mass is 10.1. The summed E-state index contributed by atoms with van der Waals surface area (Å²) in [6.45, 7) is 3.33. The van der Waals surface area contributed by atoms with Crippen molar-refractivity contribution < 1.29 is 14.5 Å². The zero-order valence-electron chi connectivity index (χ0n) is 11.3. The summed E-state index contributed by atoms with van der Waals surface area (Å²) in [7, 11) is 0. The van der Waals surface area contributed by atoms with Crippen LogP contribution in [0.25, 0.3) is 0 Å². The number of nitro groups is 1. The highest BCUT2D eigenvalue weighted by Crippen LogP contribution is 2.35. The summed E-state index contributed by atoms with van der Waals surface area (Å²) in [5.41, 5.74) is -0.0619. The number of carbonyl (C=O) groups is 1. The molecule has 21 heavy (non-hydrogen) atoms. The second-order valence-corrected chi connectivity index (χ2v) is 6.48. The molecule has 8 heteroatoms. The Labute approximate surface area is 133 Å². The fraction of sp³-hybridized carbons (Fsp3) is 0.231. The minimum atomic E-state index is -0.565. The molecule has 0 saturated heterocycles. The third kappa shape index (κ3) is 3.64. The largest absolute Gasteiger partial charge is 0.481 e. The number of rotatable bonds is 5. The van der Waals surface area contributed by atoms with Crippen LogP contribution in [0.3, 0.4) is 0 Å². The molecule has 2 rings (SSSR count). The van der Waals surface area contributed by atoms with E-state index in [4.69, 9.17) is 4.74 Å². The monoisotopic (exact) mass is 370 g/mol. The average molecular weight is 371 g/mol. The topological polar surface area (TPSA) is 82.3 Å². The van der Waals surface area contributed by atoms with E-state index < -0.39 is 4.92 Å². The van der Waals surface area contributed by atoms with E-state index in [0.29, 0.717) is 4.47 Å². The van der Waals surface area contributed by atoms with E-state index in [9.17, 15) is 14.9 Å². The van der Waals surface area contributed by atoms with Gasteiger partial charge >= 0.3 is 5.69 Å². The maximum absolute atomic E-state index is 11.7. The summed E-state index contributed by atoms with van der Waals surface area (Å²) < 4.78 is 5.99. The van der Waals surface area contributed by atoms with Crippen molar-refractivity contribution in [2.75, 3.05) is 0 Å². The van der Waals surface area contributed by atoms with E-state index in [1.807, 2.05) is 6.92 Å². The zero-order chi connectivity index (χ0) is 15.6. The number of carbonyl (C=O) groups excluding carboxylic acids is 1. The van der Waals surface area contributed by atoms with Crippen molar-refractivity contribution in [2.24, 2.45) is 0 Å². The van der Waals surface area contributed by atoms with Crippen molar-refractivity contribution >= 4 is 38.7 Å². The van der Waals surface area contributed by atoms with Crippen LogP contribution in [0.4, 0.5) is 5.69 Å². The molecule has 0 atom stereocenters. The lowest BCUT2D eigenvalue weighted by molar-refractivity contribution is -0.386. The van der Waals surface area contributed by atoms with Crippen LogP contribution in [0.15, 0.2) is 22.8 Å². The van der Waals surface area contributed by atoms with Crippen LogP contribution in [0, 0.1) is 17.0 Å². The number of aryl methyl sites for hydroxylation is 1. The Morgan fingerprint density at radius 2 is 2.24 bits per heavy atom. The molecule has 0 saturated carbocycles. The minimum Gasteiger partial charge on any atom is -0.481 e. The number of thiazole rings is 1. The van der Waals surface area contributed by atoms with Crippen LogP contribution < -0.4 is 4.74 Å². The first-order valence-corrected chi connectivity index (χ1v) is 7.52. The molecule has 0 radical (unpaired) electrons. The van der Waals surface area contributed by atoms with Gasteiger partial charge in [-0.3, -0.25) is 14.9 Å². The number of hydrogen-bond donors (Lipinski definition) is 0. The van der Waals surface area contributed by atoms with E-state index in [1.165, 1.54) is 30.4 Å². The first-order chi connectivity index (χ1) is 9.88. The maximum atomic E-state index is 11.7. The van der Waals surface area contributed by atoms with Crippen molar-refractivity contribution in [2.45, 2.75) is 20.5 Å². The molecule has 0 fully saturated rings. The van der Waals surface area contributed by atoms with Crippen molar-refractivity contribution in [1.29, 1.82) is 0 Å². The van der Waals surface area contributed by atoms with Crippen LogP contribution in [0.1, 0.15) is 27.2 Å². The fourth-order valence-corrected chi connectivity index (χ4v) is 2.90. The predicted octanol–water partition coefficient (Wildman–Crippen LogP) is 3.90. The third-order valence-corrected chi connectivity index (χ3v) is 3.98. The lowest BCUT2D eigenvalue weighted by Crippen LogP contribution is -2.04. The second kappa shape index (κ2) is 6.31. The van der Waals surface area contributed by atoms with Crippen molar-refractivity contribution in [3.8, 4) is 5.75 Å². The van der Waals surface area contributed by atoms with Crippen molar-refractivity contribution in [3.05, 3.63) is 48.4 Å². The summed E-state index contributed by atoms with van der Waals surface area (Å²) in [4.78, 5) is 27.2. The molecule has 0 bridgehead atoms. The van der Waals surface area contributed by atoms with E-state index in [2.05, 4.69) is 20.9 Å². The summed E-state index contributed by atoms with van der Waals surface area (Å²) in [6, 6.07) is 2.84. The molecule has 0 amide bonds. The Morgan fingerprint density at radius 3 is 2.76 bits per heavy atom. The lowest BCUT2D eigenvalue weighted by Gasteiger charge is -2.10. The average Bonchev–Trinajstić information content (AvgIpc) is 2.81. The normalized spacial score (nSPS) is 10.4. The highest BCUT2D eigenvalue weighted by molar-refractivity contribution is 9.10. The number of benzene rings is 1. The smallest absolute Gasteiger partial charge is 0.312 e. The number of nitro benzene ring substituents is 1. The number of nitrogens with zero attached hydrogens (tertiary/aromatic N) is 2. The molecule has 0 aliphatic rings. The molecule has 0 spiro atoms. The molecule has 1 heterocycles. The van der Waals surface area contributed by atoms with Crippen LogP contribution in [-0.2, 0) is 6.61 Å². The molecule has 0 aliphatic heterocycles. The molecule has 2 aromatic rings. The standard InChI is InChI=1S/C13H11BrN2O4S/c1-7(17)11-3-9(14)4-12(16(18)19)13(11)20-6-10-5-15-8(2)21-10/h3-5H,6H2,1-2H3. The Bertz CT molecular complexity index is 679. The summed E-state index contributed by atoms with van der Waals surface area (Å²) in [5, 5.41) is 12.0. The molecular weight excluding hydrogens is 360 g/mol. The number of aromatic nitrogens is 1. The van der Waals surface area contributed by atoms with Gasteiger partial charge in [0.15, 0.2) is 5.78 Å². The van der Waals surface area contributed by atoms with Crippen LogP contribution in [-0.4, -0.2) is 15.7 Å². The van der Waals surface area contributed by atoms with Gasteiger partial charge in [0.1, 0.15) is 6.61 Å². The molecular formula is C13H11BrN2O4S. The number of Topliss-reactive ketones (excluding diaryl/α,β-unsaturated/α-hetero) is 1. The second-order valence-electron chi connectivity index (χ2n) is 4.25. The van der Waals surface area contributed by atoms with E-state index in [0.717, 1.165) is 9.88 Å². The molecule has 1 aromatic heterocycles. The van der Waals surface area contributed by atoms with Gasteiger partial charge in [0.25, 0.3) is 0 Å². The van der Waals surface area contributed by atoms with Gasteiger partial charge in [0.05, 0.1) is 20.4 Å². The highest BCUT2D eigenvalue weighted by Gasteiger charge is 2.23. The number of ether oxygens (including phenoxy) is 1. The van der Waals surface area contributed by atoms with Gasteiger partial charge < -0.3 is 4.74 Å². The van der Waals surface area contributed by atoms with E-state index in [1.54, 1.807) is 6.20 Å². The number of halogens is 1. The van der Waals surface area contributed by atoms with Crippen LogP contribution in [0.2, 0.25) is 0 Å². The Kier molecular flexibility index (Phi) is 4.69. The van der Waals surface area contributed by atoms with Gasteiger partial charge in [-0.25, -0.2) is 4.98 Å². The SMILES string of the molecule is CC(=O)c1cc(Br)cc([N+](=O)[O-])c1OCc1cnc(C)s1. The van der Waals surface area contributed by atoms with Gasteiger partial charge in [-0.05, 0) is 19.9 Å². The van der Waals surface area contributed by atoms with Gasteiger partial charge in [0, 0.05) is 16.7 Å². The first-order valence-electron chi connectivity index (χ1n) is 5.91. The molecule has 0 unspecified atom stereocenters. The first kappa shape index (κ1) is 15.6. The summed E-state index contributed by atoms with van der Waals surface area (Å²) >= 11 is 4.60. The van der Waals surface area contributed by atoms with Crippen LogP contribution in [0.5, 0.6) is 5.75 Å². The summed E-state index contributed by atoms with van der Waals surface area (Å²) in [6.07, 6.45) is 1.65. The molecule has 0 aliphatic carbocycles. The van der Waals surface area contributed by atoms with Gasteiger partial charge in [-0.1, -0.05) is 15.9 Å². The van der Waals surface area contributed by atoms with E-state index in [-0.39, 0.29) is 29.4 Å². The third-order valence-electron chi connectivity index (χ3n) is 2.64. The van der Waals surface area contributed by atoms with Gasteiger partial charge in [0.2, 0.25) is 5.75 Å². The molecule has 110 valence electrons.